The Balaban J connectivity index is 2.37. The summed E-state index contributed by atoms with van der Waals surface area (Å²) in [5.41, 5.74) is 5.18. The summed E-state index contributed by atoms with van der Waals surface area (Å²) in [5, 5.41) is 11.8. The van der Waals surface area contributed by atoms with Crippen LogP contribution in [-0.4, -0.2) is 47.7 Å². The summed E-state index contributed by atoms with van der Waals surface area (Å²) in [6.45, 7) is 0.567. The van der Waals surface area contributed by atoms with Gasteiger partial charge in [0.1, 0.15) is 12.8 Å². The molecular weight excluding hydrogens is 186 g/mol. The lowest BCUT2D eigenvalue weighted by molar-refractivity contribution is -0.137. The molecule has 1 heterocycles. The lowest BCUT2D eigenvalue weighted by Crippen LogP contribution is -2.43. The van der Waals surface area contributed by atoms with E-state index in [9.17, 15) is 14.7 Å². The van der Waals surface area contributed by atoms with Crippen LogP contribution in [0.15, 0.2) is 12.2 Å². The van der Waals surface area contributed by atoms with E-state index in [0.717, 1.165) is 4.90 Å². The third-order valence-corrected chi connectivity index (χ3v) is 1.79. The number of nitrogens with one attached hydrogen (secondary N) is 1. The number of carbonyl (C=O) groups excluding carboxylic acids is 2. The molecule has 0 aromatic rings. The highest BCUT2D eigenvalue weighted by atomic mass is 16.3. The van der Waals surface area contributed by atoms with Gasteiger partial charge in [0.05, 0.1) is 0 Å². The molecule has 0 aromatic carbocycles. The molecule has 0 bridgehead atoms. The van der Waals surface area contributed by atoms with Gasteiger partial charge >= 0.3 is 0 Å². The van der Waals surface area contributed by atoms with E-state index in [1.54, 1.807) is 0 Å². The Labute approximate surface area is 81.4 Å². The smallest absolute Gasteiger partial charge is 0.249 e. The van der Waals surface area contributed by atoms with Crippen molar-refractivity contribution in [1.29, 1.82) is 0 Å². The second-order valence-corrected chi connectivity index (χ2v) is 2.88. The number of aliphatic hydroxyl groups excluding tert-OH is 1. The van der Waals surface area contributed by atoms with Crippen molar-refractivity contribution in [1.82, 2.24) is 10.2 Å². The molecule has 1 unspecified atom stereocenters. The first-order chi connectivity index (χ1) is 6.65. The number of hydrogen-bond acceptors (Lipinski definition) is 4. The van der Waals surface area contributed by atoms with Gasteiger partial charge in [-0.2, -0.15) is 0 Å². The number of nitrogens with zero attached hydrogens (tertiary/aromatic N) is 1. The molecule has 1 rings (SSSR count). The van der Waals surface area contributed by atoms with Crippen molar-refractivity contribution in [3.8, 4) is 0 Å². The van der Waals surface area contributed by atoms with Crippen LogP contribution in [0.25, 0.3) is 0 Å². The normalized spacial score (nSPS) is 20.3. The zero-order chi connectivity index (χ0) is 10.6. The second-order valence-electron chi connectivity index (χ2n) is 2.88. The van der Waals surface area contributed by atoms with Gasteiger partial charge in [-0.25, -0.2) is 0 Å². The molecule has 0 aliphatic carbocycles. The molecule has 2 amide bonds. The van der Waals surface area contributed by atoms with Crippen LogP contribution in [0.4, 0.5) is 0 Å². The minimum Gasteiger partial charge on any atom is -0.370 e. The van der Waals surface area contributed by atoms with E-state index in [4.69, 9.17) is 5.73 Å². The van der Waals surface area contributed by atoms with Gasteiger partial charge in [0.25, 0.3) is 0 Å². The molecule has 14 heavy (non-hydrogen) atoms. The quantitative estimate of drug-likeness (QED) is 0.478. The predicted octanol–water partition coefficient (Wildman–Crippen LogP) is -2.22. The van der Waals surface area contributed by atoms with Gasteiger partial charge in [-0.3, -0.25) is 9.59 Å². The van der Waals surface area contributed by atoms with Crippen LogP contribution < -0.4 is 11.1 Å². The van der Waals surface area contributed by atoms with Crippen LogP contribution >= 0.6 is 0 Å². The highest BCUT2D eigenvalue weighted by molar-refractivity contribution is 5.93. The Kier molecular flexibility index (Phi) is 3.61. The zero-order valence-corrected chi connectivity index (χ0v) is 7.64. The van der Waals surface area contributed by atoms with Gasteiger partial charge in [-0.1, -0.05) is 0 Å². The molecular formula is C8H13N3O3. The van der Waals surface area contributed by atoms with E-state index in [0.29, 0.717) is 13.1 Å². The van der Waals surface area contributed by atoms with Gasteiger partial charge in [0, 0.05) is 19.2 Å². The van der Waals surface area contributed by atoms with Crippen molar-refractivity contribution in [2.75, 3.05) is 19.6 Å². The summed E-state index contributed by atoms with van der Waals surface area (Å²) in [7, 11) is 0. The Morgan fingerprint density at radius 1 is 1.71 bits per heavy atom. The number of nitrogens with two attached hydrogens (primary N) is 1. The topological polar surface area (TPSA) is 95.7 Å². The second kappa shape index (κ2) is 4.73. The highest BCUT2D eigenvalue weighted by Gasteiger charge is 2.25. The SMILES string of the molecule is NCCNC(=O)CN1C(=O)C=CC1O. The third-order valence-electron chi connectivity index (χ3n) is 1.79. The molecule has 1 atom stereocenters. The summed E-state index contributed by atoms with van der Waals surface area (Å²) in [4.78, 5) is 23.3. The van der Waals surface area contributed by atoms with Crippen molar-refractivity contribution in [3.05, 3.63) is 12.2 Å². The molecule has 0 saturated heterocycles. The van der Waals surface area contributed by atoms with E-state index in [1.165, 1.54) is 12.2 Å². The van der Waals surface area contributed by atoms with Crippen molar-refractivity contribution in [2.45, 2.75) is 6.23 Å². The number of rotatable bonds is 4. The number of hydrogen-bond donors (Lipinski definition) is 3. The Morgan fingerprint density at radius 3 is 2.93 bits per heavy atom. The minimum absolute atomic E-state index is 0.146. The number of amides is 2. The molecule has 0 fully saturated rings. The van der Waals surface area contributed by atoms with E-state index in [2.05, 4.69) is 5.32 Å². The molecule has 1 aliphatic rings. The summed E-state index contributed by atoms with van der Waals surface area (Å²) >= 11 is 0. The van der Waals surface area contributed by atoms with Crippen LogP contribution in [0.1, 0.15) is 0 Å². The average molecular weight is 199 g/mol. The monoisotopic (exact) mass is 199 g/mol. The third kappa shape index (κ3) is 2.54. The van der Waals surface area contributed by atoms with E-state index in [1.807, 2.05) is 0 Å². The van der Waals surface area contributed by atoms with Crippen molar-refractivity contribution in [3.63, 3.8) is 0 Å². The largest absolute Gasteiger partial charge is 0.370 e. The average Bonchev–Trinajstić information content (AvgIpc) is 2.46. The molecule has 0 saturated carbocycles. The fourth-order valence-corrected chi connectivity index (χ4v) is 1.09. The molecule has 0 aromatic heterocycles. The Bertz CT molecular complexity index is 265. The first-order valence-corrected chi connectivity index (χ1v) is 4.29. The Hall–Kier alpha value is -1.40. The lowest BCUT2D eigenvalue weighted by Gasteiger charge is -2.19. The molecule has 1 aliphatic heterocycles. The first kappa shape index (κ1) is 10.7. The maximum Gasteiger partial charge on any atom is 0.249 e. The maximum absolute atomic E-state index is 11.1. The summed E-state index contributed by atoms with van der Waals surface area (Å²) < 4.78 is 0. The van der Waals surface area contributed by atoms with Gasteiger partial charge in [-0.15, -0.1) is 0 Å². The zero-order valence-electron chi connectivity index (χ0n) is 7.64. The number of aliphatic hydroxyl groups is 1. The van der Waals surface area contributed by atoms with Crippen molar-refractivity contribution < 1.29 is 14.7 Å². The molecule has 0 radical (unpaired) electrons. The van der Waals surface area contributed by atoms with Crippen LogP contribution in [0.5, 0.6) is 0 Å². The summed E-state index contributed by atoms with van der Waals surface area (Å²) in [6.07, 6.45) is 1.57. The molecule has 0 spiro atoms. The molecule has 4 N–H and O–H groups in total. The van der Waals surface area contributed by atoms with Gasteiger partial charge in [0.15, 0.2) is 0 Å². The van der Waals surface area contributed by atoms with Crippen LogP contribution in [-0.2, 0) is 9.59 Å². The highest BCUT2D eigenvalue weighted by Crippen LogP contribution is 2.06. The number of carbonyl (C=O) groups is 2. The van der Waals surface area contributed by atoms with E-state index < -0.39 is 6.23 Å². The summed E-state index contributed by atoms with van der Waals surface area (Å²) in [6, 6.07) is 0. The van der Waals surface area contributed by atoms with Gasteiger partial charge in [-0.05, 0) is 6.08 Å². The van der Waals surface area contributed by atoms with E-state index >= 15 is 0 Å². The standard InChI is InChI=1S/C8H13N3O3/c9-3-4-10-6(12)5-11-7(13)1-2-8(11)14/h1-2,7,13H,3-5,9H2,(H,10,12). The molecule has 6 nitrogen and oxygen atoms in total. The fourth-order valence-electron chi connectivity index (χ4n) is 1.09. The van der Waals surface area contributed by atoms with Crippen molar-refractivity contribution in [2.24, 2.45) is 5.73 Å². The van der Waals surface area contributed by atoms with E-state index in [-0.39, 0.29) is 18.4 Å². The lowest BCUT2D eigenvalue weighted by atomic mass is 10.4. The van der Waals surface area contributed by atoms with Crippen molar-refractivity contribution >= 4 is 11.8 Å². The first-order valence-electron chi connectivity index (χ1n) is 4.29. The summed E-state index contributed by atoms with van der Waals surface area (Å²) in [5.74, 6) is -0.688. The minimum atomic E-state index is -0.994. The maximum atomic E-state index is 11.1. The predicted molar refractivity (Wildman–Crippen MR) is 48.9 cm³/mol. The molecule has 6 heteroatoms. The van der Waals surface area contributed by atoms with Crippen LogP contribution in [0.3, 0.4) is 0 Å². The molecule has 78 valence electrons. The fraction of sp³-hybridized carbons (Fsp3) is 0.500. The van der Waals surface area contributed by atoms with Gasteiger partial charge < -0.3 is 21.1 Å². The Morgan fingerprint density at radius 2 is 2.43 bits per heavy atom. The van der Waals surface area contributed by atoms with Crippen LogP contribution in [0, 0.1) is 0 Å². The van der Waals surface area contributed by atoms with Gasteiger partial charge in [0.2, 0.25) is 11.8 Å². The van der Waals surface area contributed by atoms with Crippen LogP contribution in [0.2, 0.25) is 0 Å².